The van der Waals surface area contributed by atoms with Crippen LogP contribution in [-0.2, 0) is 4.79 Å². The van der Waals surface area contributed by atoms with Gasteiger partial charge < -0.3 is 5.32 Å². The van der Waals surface area contributed by atoms with Crippen LogP contribution in [0.25, 0.3) is 0 Å². The Hall–Kier alpha value is -0.530. The van der Waals surface area contributed by atoms with Crippen LogP contribution in [0, 0.1) is 11.3 Å². The molecule has 0 heterocycles. The van der Waals surface area contributed by atoms with Crippen molar-refractivity contribution in [3.8, 4) is 0 Å². The summed E-state index contributed by atoms with van der Waals surface area (Å²) in [7, 11) is 0. The molecule has 0 aliphatic heterocycles. The maximum atomic E-state index is 10.6. The van der Waals surface area contributed by atoms with Crippen molar-refractivity contribution in [2.75, 3.05) is 6.54 Å². The molecule has 0 aliphatic carbocycles. The fraction of sp³-hybridized carbons (Fsp3) is 0.923. The third kappa shape index (κ3) is 8.46. The topological polar surface area (TPSA) is 29.1 Å². The first-order chi connectivity index (χ1) is 6.84. The zero-order valence-electron chi connectivity index (χ0n) is 11.0. The van der Waals surface area contributed by atoms with E-state index in [0.29, 0.717) is 5.41 Å². The van der Waals surface area contributed by atoms with Gasteiger partial charge in [-0.3, -0.25) is 4.79 Å². The molecule has 0 radical (unpaired) electrons. The van der Waals surface area contributed by atoms with Crippen LogP contribution in [0.2, 0.25) is 0 Å². The van der Waals surface area contributed by atoms with Crippen LogP contribution < -0.4 is 5.32 Å². The summed E-state index contributed by atoms with van der Waals surface area (Å²) < 4.78 is 0. The minimum atomic E-state index is 0.0815. The number of rotatable bonds is 6. The zero-order chi connectivity index (χ0) is 11.9. The van der Waals surface area contributed by atoms with E-state index < -0.39 is 0 Å². The molecule has 0 unspecified atom stereocenters. The number of carbonyl (C=O) groups excluding carboxylic acids is 1. The molecule has 1 amide bonds. The molecule has 0 rings (SSSR count). The third-order valence-corrected chi connectivity index (χ3v) is 3.17. The van der Waals surface area contributed by atoms with E-state index in [1.165, 1.54) is 19.3 Å². The Labute approximate surface area is 94.8 Å². The van der Waals surface area contributed by atoms with Gasteiger partial charge in [0.05, 0.1) is 0 Å². The van der Waals surface area contributed by atoms with Gasteiger partial charge in [0.15, 0.2) is 0 Å². The quantitative estimate of drug-likeness (QED) is 0.673. The maximum absolute atomic E-state index is 10.6. The number of amides is 1. The summed E-state index contributed by atoms with van der Waals surface area (Å²) in [5.74, 6) is 0.858. The molecule has 0 saturated carbocycles. The third-order valence-electron chi connectivity index (χ3n) is 3.17. The molecular formula is C13H27NO. The summed E-state index contributed by atoms with van der Waals surface area (Å²) in [6.45, 7) is 11.6. The number of nitrogens with one attached hydrogen (secondary N) is 1. The second-order valence-electron chi connectivity index (χ2n) is 5.60. The molecule has 1 N–H and O–H groups in total. The summed E-state index contributed by atoms with van der Waals surface area (Å²) in [4.78, 5) is 10.6. The highest BCUT2D eigenvalue weighted by atomic mass is 16.1. The monoisotopic (exact) mass is 213 g/mol. The highest BCUT2D eigenvalue weighted by Gasteiger charge is 2.18. The molecule has 2 heteroatoms. The number of carbonyl (C=O) groups is 1. The number of hydrogen-bond donors (Lipinski definition) is 1. The van der Waals surface area contributed by atoms with Crippen molar-refractivity contribution < 1.29 is 4.79 Å². The van der Waals surface area contributed by atoms with Gasteiger partial charge in [-0.2, -0.15) is 0 Å². The van der Waals surface area contributed by atoms with E-state index in [9.17, 15) is 4.79 Å². The minimum Gasteiger partial charge on any atom is -0.356 e. The first-order valence-corrected chi connectivity index (χ1v) is 6.08. The summed E-state index contributed by atoms with van der Waals surface area (Å²) in [6, 6.07) is 0. The van der Waals surface area contributed by atoms with E-state index in [1.54, 1.807) is 6.92 Å². The predicted molar refractivity (Wildman–Crippen MR) is 65.8 cm³/mol. The van der Waals surface area contributed by atoms with Gasteiger partial charge in [-0.05, 0) is 17.8 Å². The van der Waals surface area contributed by atoms with E-state index in [0.717, 1.165) is 18.9 Å². The average Bonchev–Trinajstić information content (AvgIpc) is 2.08. The normalized spacial score (nSPS) is 13.7. The van der Waals surface area contributed by atoms with E-state index in [4.69, 9.17) is 0 Å². The van der Waals surface area contributed by atoms with Crippen LogP contribution in [0.3, 0.4) is 0 Å². The first kappa shape index (κ1) is 14.5. The van der Waals surface area contributed by atoms with E-state index in [2.05, 4.69) is 33.0 Å². The fourth-order valence-electron chi connectivity index (χ4n) is 1.45. The van der Waals surface area contributed by atoms with Crippen molar-refractivity contribution in [1.82, 2.24) is 5.32 Å². The van der Waals surface area contributed by atoms with Crippen LogP contribution in [0.4, 0.5) is 0 Å². The Balaban J connectivity index is 3.35. The summed E-state index contributed by atoms with van der Waals surface area (Å²) >= 11 is 0. The summed E-state index contributed by atoms with van der Waals surface area (Å²) in [5.41, 5.74) is 0.428. The van der Waals surface area contributed by atoms with Gasteiger partial charge >= 0.3 is 0 Å². The van der Waals surface area contributed by atoms with Crippen molar-refractivity contribution in [3.63, 3.8) is 0 Å². The molecule has 15 heavy (non-hydrogen) atoms. The molecule has 0 fully saturated rings. The largest absolute Gasteiger partial charge is 0.356 e. The first-order valence-electron chi connectivity index (χ1n) is 6.08. The number of hydrogen-bond acceptors (Lipinski definition) is 1. The Morgan fingerprint density at radius 2 is 1.80 bits per heavy atom. The molecule has 0 bridgehead atoms. The zero-order valence-corrected chi connectivity index (χ0v) is 11.0. The van der Waals surface area contributed by atoms with E-state index in [-0.39, 0.29) is 5.91 Å². The lowest BCUT2D eigenvalue weighted by molar-refractivity contribution is -0.118. The van der Waals surface area contributed by atoms with Gasteiger partial charge in [0.25, 0.3) is 0 Å². The maximum Gasteiger partial charge on any atom is 0.216 e. The molecule has 1 atom stereocenters. The Kier molecular flexibility index (Phi) is 6.62. The van der Waals surface area contributed by atoms with Crippen molar-refractivity contribution in [2.45, 2.75) is 60.3 Å². The lowest BCUT2D eigenvalue weighted by Gasteiger charge is -2.27. The summed E-state index contributed by atoms with van der Waals surface area (Å²) in [6.07, 6.45) is 4.90. The fourth-order valence-corrected chi connectivity index (χ4v) is 1.45. The highest BCUT2D eigenvalue weighted by molar-refractivity contribution is 5.72. The van der Waals surface area contributed by atoms with Crippen LogP contribution in [-0.4, -0.2) is 12.5 Å². The SMILES string of the molecule is CC(=O)NCCCCC[C@H](C)C(C)(C)C. The van der Waals surface area contributed by atoms with Crippen molar-refractivity contribution in [1.29, 1.82) is 0 Å². The number of unbranched alkanes of at least 4 members (excludes halogenated alkanes) is 2. The lowest BCUT2D eigenvalue weighted by Crippen LogP contribution is -2.21. The molecule has 0 aromatic rings. The lowest BCUT2D eigenvalue weighted by atomic mass is 9.79. The predicted octanol–water partition coefficient (Wildman–Crippen LogP) is 3.37. The highest BCUT2D eigenvalue weighted by Crippen LogP contribution is 2.29. The van der Waals surface area contributed by atoms with E-state index in [1.807, 2.05) is 0 Å². The molecular weight excluding hydrogens is 186 g/mol. The minimum absolute atomic E-state index is 0.0815. The second kappa shape index (κ2) is 6.86. The Morgan fingerprint density at radius 3 is 2.27 bits per heavy atom. The van der Waals surface area contributed by atoms with Gasteiger partial charge in [0, 0.05) is 13.5 Å². The smallest absolute Gasteiger partial charge is 0.216 e. The van der Waals surface area contributed by atoms with Gasteiger partial charge in [0.2, 0.25) is 5.91 Å². The van der Waals surface area contributed by atoms with Crippen LogP contribution in [0.5, 0.6) is 0 Å². The molecule has 2 nitrogen and oxygen atoms in total. The van der Waals surface area contributed by atoms with Gasteiger partial charge in [0.1, 0.15) is 0 Å². The molecule has 90 valence electrons. The van der Waals surface area contributed by atoms with E-state index >= 15 is 0 Å². The van der Waals surface area contributed by atoms with Gasteiger partial charge in [-0.1, -0.05) is 47.0 Å². The molecule has 0 saturated heterocycles. The van der Waals surface area contributed by atoms with Crippen molar-refractivity contribution in [3.05, 3.63) is 0 Å². The molecule has 0 spiro atoms. The Morgan fingerprint density at radius 1 is 1.20 bits per heavy atom. The van der Waals surface area contributed by atoms with Crippen LogP contribution in [0.15, 0.2) is 0 Å². The molecule has 0 aliphatic rings. The second-order valence-corrected chi connectivity index (χ2v) is 5.60. The Bertz CT molecular complexity index is 181. The molecule has 0 aromatic heterocycles. The van der Waals surface area contributed by atoms with Crippen LogP contribution >= 0.6 is 0 Å². The average molecular weight is 213 g/mol. The van der Waals surface area contributed by atoms with Gasteiger partial charge in [-0.15, -0.1) is 0 Å². The standard InChI is InChI=1S/C13H27NO/c1-11(13(3,4)5)9-7-6-8-10-14-12(2)15/h11H,6-10H2,1-5H3,(H,14,15)/t11-/m0/s1. The summed E-state index contributed by atoms with van der Waals surface area (Å²) in [5, 5.41) is 2.82. The van der Waals surface area contributed by atoms with Crippen molar-refractivity contribution >= 4 is 5.91 Å². The van der Waals surface area contributed by atoms with Crippen LogP contribution in [0.1, 0.15) is 60.3 Å². The molecule has 0 aromatic carbocycles. The van der Waals surface area contributed by atoms with Gasteiger partial charge in [-0.25, -0.2) is 0 Å². The van der Waals surface area contributed by atoms with Crippen molar-refractivity contribution in [2.24, 2.45) is 11.3 Å².